The summed E-state index contributed by atoms with van der Waals surface area (Å²) < 4.78 is 10.8. The third-order valence-electron chi connectivity index (χ3n) is 5.77. The van der Waals surface area contributed by atoms with Gasteiger partial charge in [-0.1, -0.05) is 96.8 Å². The van der Waals surface area contributed by atoms with Crippen molar-refractivity contribution in [1.82, 2.24) is 4.90 Å². The van der Waals surface area contributed by atoms with Gasteiger partial charge in [-0.15, -0.1) is 0 Å². The van der Waals surface area contributed by atoms with E-state index in [0.717, 1.165) is 6.42 Å². The maximum atomic E-state index is 12.5. The lowest BCUT2D eigenvalue weighted by molar-refractivity contribution is -0.132. The number of carbonyl (C=O) groups excluding carboxylic acids is 1. The van der Waals surface area contributed by atoms with Gasteiger partial charge in [0.25, 0.3) is 0 Å². The number of ether oxygens (including phenoxy) is 2. The summed E-state index contributed by atoms with van der Waals surface area (Å²) in [6.45, 7) is 10.3. The average Bonchev–Trinajstić information content (AvgIpc) is 2.75. The maximum Gasteiger partial charge on any atom is 0.222 e. The Morgan fingerprint density at radius 3 is 1.30 bits per heavy atom. The van der Waals surface area contributed by atoms with Gasteiger partial charge in [0.05, 0.1) is 13.2 Å². The number of hydrogen-bond donors (Lipinski definition) is 0. The second-order valence-electron chi connectivity index (χ2n) is 8.47. The van der Waals surface area contributed by atoms with Crippen LogP contribution in [0.2, 0.25) is 0 Å². The third-order valence-corrected chi connectivity index (χ3v) is 5.77. The van der Waals surface area contributed by atoms with Gasteiger partial charge in [0.15, 0.2) is 0 Å². The zero-order valence-electron chi connectivity index (χ0n) is 20.7. The van der Waals surface area contributed by atoms with E-state index >= 15 is 0 Å². The van der Waals surface area contributed by atoms with E-state index in [0.29, 0.717) is 45.9 Å². The number of rotatable bonds is 24. The number of hydrogen-bond acceptors (Lipinski definition) is 3. The van der Waals surface area contributed by atoms with Gasteiger partial charge in [0.2, 0.25) is 5.91 Å². The van der Waals surface area contributed by atoms with E-state index in [2.05, 4.69) is 6.92 Å². The van der Waals surface area contributed by atoms with Crippen molar-refractivity contribution in [1.29, 1.82) is 0 Å². The Bertz CT molecular complexity index is 339. The van der Waals surface area contributed by atoms with Crippen molar-refractivity contribution in [3.63, 3.8) is 0 Å². The van der Waals surface area contributed by atoms with Crippen molar-refractivity contribution in [3.8, 4) is 0 Å². The standard InChI is InChI=1S/C26H53NO3/c1-4-7-8-9-10-11-12-13-14-15-16-17-18-19-20-21-26(28)27(22-24-29-5-2)23-25-30-6-3/h4-25H2,1-3H3. The van der Waals surface area contributed by atoms with Gasteiger partial charge in [0.1, 0.15) is 0 Å². The molecule has 0 spiro atoms. The molecule has 0 aromatic heterocycles. The van der Waals surface area contributed by atoms with Crippen LogP contribution in [0.1, 0.15) is 124 Å². The molecule has 0 bridgehead atoms. The summed E-state index contributed by atoms with van der Waals surface area (Å²) in [5.74, 6) is 0.254. The van der Waals surface area contributed by atoms with Gasteiger partial charge in [-0.3, -0.25) is 4.79 Å². The molecule has 4 nitrogen and oxygen atoms in total. The zero-order valence-corrected chi connectivity index (χ0v) is 20.7. The highest BCUT2D eigenvalue weighted by molar-refractivity contribution is 5.76. The summed E-state index contributed by atoms with van der Waals surface area (Å²) in [6.07, 6.45) is 20.9. The van der Waals surface area contributed by atoms with Crippen LogP contribution >= 0.6 is 0 Å². The van der Waals surface area contributed by atoms with Gasteiger partial charge < -0.3 is 14.4 Å². The van der Waals surface area contributed by atoms with Gasteiger partial charge >= 0.3 is 0 Å². The molecule has 0 aliphatic heterocycles. The lowest BCUT2D eigenvalue weighted by atomic mass is 10.0. The first kappa shape index (κ1) is 29.4. The molecule has 0 rings (SSSR count). The fourth-order valence-electron chi connectivity index (χ4n) is 3.81. The Hall–Kier alpha value is -0.610. The van der Waals surface area contributed by atoms with E-state index in [9.17, 15) is 4.79 Å². The lowest BCUT2D eigenvalue weighted by Gasteiger charge is -2.22. The van der Waals surface area contributed by atoms with Crippen molar-refractivity contribution in [2.75, 3.05) is 39.5 Å². The van der Waals surface area contributed by atoms with Crippen LogP contribution in [0.3, 0.4) is 0 Å². The molecule has 0 N–H and O–H groups in total. The van der Waals surface area contributed by atoms with E-state index in [1.54, 1.807) is 0 Å². The van der Waals surface area contributed by atoms with E-state index in [4.69, 9.17) is 9.47 Å². The summed E-state index contributed by atoms with van der Waals surface area (Å²) >= 11 is 0. The van der Waals surface area contributed by atoms with Crippen LogP contribution in [0.25, 0.3) is 0 Å². The maximum absolute atomic E-state index is 12.5. The van der Waals surface area contributed by atoms with Crippen LogP contribution in [0.5, 0.6) is 0 Å². The number of unbranched alkanes of at least 4 members (excludes halogenated alkanes) is 14. The number of carbonyl (C=O) groups is 1. The first-order valence-electron chi connectivity index (χ1n) is 13.2. The summed E-state index contributed by atoms with van der Waals surface area (Å²) in [4.78, 5) is 14.4. The van der Waals surface area contributed by atoms with E-state index in [1.165, 1.54) is 89.9 Å². The number of nitrogens with zero attached hydrogens (tertiary/aromatic N) is 1. The summed E-state index contributed by atoms with van der Waals surface area (Å²) in [7, 11) is 0. The minimum atomic E-state index is 0.254. The highest BCUT2D eigenvalue weighted by atomic mass is 16.5. The molecule has 0 saturated carbocycles. The molecule has 4 heteroatoms. The smallest absolute Gasteiger partial charge is 0.222 e. The molecule has 0 aromatic rings. The predicted octanol–water partition coefficient (Wildman–Crippen LogP) is 7.15. The van der Waals surface area contributed by atoms with Gasteiger partial charge in [-0.05, 0) is 20.3 Å². The molecule has 0 aromatic carbocycles. The normalized spacial score (nSPS) is 11.2. The van der Waals surface area contributed by atoms with Crippen molar-refractivity contribution < 1.29 is 14.3 Å². The van der Waals surface area contributed by atoms with Crippen LogP contribution in [-0.4, -0.2) is 50.3 Å². The van der Waals surface area contributed by atoms with Crippen LogP contribution in [0, 0.1) is 0 Å². The first-order chi connectivity index (χ1) is 14.8. The molecular formula is C26H53NO3. The largest absolute Gasteiger partial charge is 0.380 e. The van der Waals surface area contributed by atoms with Crippen LogP contribution in [0.4, 0.5) is 0 Å². The van der Waals surface area contributed by atoms with Crippen molar-refractivity contribution in [3.05, 3.63) is 0 Å². The number of amides is 1. The SMILES string of the molecule is CCCCCCCCCCCCCCCCCC(=O)N(CCOCC)CCOCC. The molecule has 1 amide bonds. The molecule has 0 radical (unpaired) electrons. The summed E-state index contributed by atoms with van der Waals surface area (Å²) in [5, 5.41) is 0. The zero-order chi connectivity index (χ0) is 22.1. The fourth-order valence-corrected chi connectivity index (χ4v) is 3.81. The minimum Gasteiger partial charge on any atom is -0.380 e. The fraction of sp³-hybridized carbons (Fsp3) is 0.962. The Kier molecular flexibility index (Phi) is 24.2. The van der Waals surface area contributed by atoms with E-state index < -0.39 is 0 Å². The van der Waals surface area contributed by atoms with Crippen molar-refractivity contribution >= 4 is 5.91 Å². The third kappa shape index (κ3) is 20.7. The second-order valence-corrected chi connectivity index (χ2v) is 8.47. The molecule has 0 heterocycles. The van der Waals surface area contributed by atoms with Crippen LogP contribution in [0.15, 0.2) is 0 Å². The van der Waals surface area contributed by atoms with Crippen molar-refractivity contribution in [2.45, 2.75) is 124 Å². The van der Waals surface area contributed by atoms with E-state index in [-0.39, 0.29) is 5.91 Å². The summed E-state index contributed by atoms with van der Waals surface area (Å²) in [5.41, 5.74) is 0. The van der Waals surface area contributed by atoms with Crippen LogP contribution in [-0.2, 0) is 14.3 Å². The molecule has 0 atom stereocenters. The van der Waals surface area contributed by atoms with Gasteiger partial charge in [-0.2, -0.15) is 0 Å². The highest BCUT2D eigenvalue weighted by Crippen LogP contribution is 2.14. The van der Waals surface area contributed by atoms with E-state index in [1.807, 2.05) is 18.7 Å². The minimum absolute atomic E-state index is 0.254. The molecule has 0 aliphatic carbocycles. The average molecular weight is 428 g/mol. The molecule has 0 fully saturated rings. The molecule has 0 saturated heterocycles. The van der Waals surface area contributed by atoms with Gasteiger partial charge in [0, 0.05) is 32.7 Å². The van der Waals surface area contributed by atoms with Crippen LogP contribution < -0.4 is 0 Å². The molecule has 0 aliphatic rings. The quantitative estimate of drug-likeness (QED) is 0.154. The monoisotopic (exact) mass is 427 g/mol. The Labute approximate surface area is 188 Å². The topological polar surface area (TPSA) is 38.8 Å². The predicted molar refractivity (Wildman–Crippen MR) is 129 cm³/mol. The highest BCUT2D eigenvalue weighted by Gasteiger charge is 2.12. The lowest BCUT2D eigenvalue weighted by Crippen LogP contribution is -2.36. The van der Waals surface area contributed by atoms with Crippen molar-refractivity contribution in [2.24, 2.45) is 0 Å². The van der Waals surface area contributed by atoms with Gasteiger partial charge in [-0.25, -0.2) is 0 Å². The Morgan fingerprint density at radius 2 is 0.933 bits per heavy atom. The first-order valence-corrected chi connectivity index (χ1v) is 13.2. The molecule has 180 valence electrons. The molecular weight excluding hydrogens is 374 g/mol. The Balaban J connectivity index is 3.53. The molecule has 30 heavy (non-hydrogen) atoms. The summed E-state index contributed by atoms with van der Waals surface area (Å²) in [6, 6.07) is 0. The second kappa shape index (κ2) is 24.7. The molecule has 0 unspecified atom stereocenters. The Morgan fingerprint density at radius 1 is 0.567 bits per heavy atom.